The number of rotatable bonds is 0. The number of hydrogen-bond acceptors (Lipinski definition) is 2. The summed E-state index contributed by atoms with van der Waals surface area (Å²) in [4.78, 5) is 13.8. The minimum absolute atomic E-state index is 0.269. The Morgan fingerprint density at radius 2 is 1.90 bits per heavy atom. The van der Waals surface area contributed by atoms with Crippen LogP contribution in [0.1, 0.15) is 32.8 Å². The van der Waals surface area contributed by atoms with Crippen LogP contribution in [0.15, 0.2) is 42.0 Å². The molecule has 1 aromatic carbocycles. The van der Waals surface area contributed by atoms with Crippen molar-refractivity contribution >= 4 is 6.09 Å². The highest BCUT2D eigenvalue weighted by Gasteiger charge is 2.23. The van der Waals surface area contributed by atoms with Gasteiger partial charge >= 0.3 is 6.09 Å². The molecule has 3 nitrogen and oxygen atoms in total. The van der Waals surface area contributed by atoms with E-state index >= 15 is 0 Å². The van der Waals surface area contributed by atoms with E-state index in [9.17, 15) is 4.79 Å². The van der Waals surface area contributed by atoms with Crippen LogP contribution >= 0.6 is 0 Å². The van der Waals surface area contributed by atoms with Gasteiger partial charge in [0, 0.05) is 17.7 Å². The molecule has 0 saturated carbocycles. The van der Waals surface area contributed by atoms with Gasteiger partial charge < -0.3 is 9.64 Å². The highest BCUT2D eigenvalue weighted by Crippen LogP contribution is 2.14. The molecule has 0 aliphatic carbocycles. The molecule has 2 rings (SSSR count). The summed E-state index contributed by atoms with van der Waals surface area (Å²) in [7, 11) is 0. The van der Waals surface area contributed by atoms with Crippen molar-refractivity contribution in [2.75, 3.05) is 13.1 Å². The first-order valence-electron chi connectivity index (χ1n) is 7.18. The first kappa shape index (κ1) is 15.2. The van der Waals surface area contributed by atoms with Crippen molar-refractivity contribution in [3.63, 3.8) is 0 Å². The second-order valence-corrected chi connectivity index (χ2v) is 6.04. The minimum Gasteiger partial charge on any atom is -0.444 e. The summed E-state index contributed by atoms with van der Waals surface area (Å²) >= 11 is 0. The Kier molecular flexibility index (Phi) is 4.70. The second kappa shape index (κ2) is 6.49. The molecule has 1 aromatic rings. The number of amides is 1. The number of carbonyl (C=O) groups is 1. The fourth-order valence-corrected chi connectivity index (χ4v) is 1.99. The molecule has 1 heterocycles. The lowest BCUT2D eigenvalue weighted by atomic mass is 10.1. The fraction of sp³-hybridized carbons (Fsp3) is 0.389. The molecule has 0 radical (unpaired) electrons. The Bertz CT molecular complexity index is 585. The number of ether oxygens (including phenoxy) is 1. The van der Waals surface area contributed by atoms with Gasteiger partial charge in [0.25, 0.3) is 0 Å². The van der Waals surface area contributed by atoms with Gasteiger partial charge in [-0.25, -0.2) is 4.79 Å². The van der Waals surface area contributed by atoms with E-state index in [-0.39, 0.29) is 6.09 Å². The van der Waals surface area contributed by atoms with Gasteiger partial charge in [-0.05, 0) is 39.3 Å². The smallest absolute Gasteiger partial charge is 0.410 e. The van der Waals surface area contributed by atoms with Crippen LogP contribution in [0.25, 0.3) is 0 Å². The molecule has 0 spiro atoms. The van der Waals surface area contributed by atoms with Crippen molar-refractivity contribution in [2.24, 2.45) is 0 Å². The maximum absolute atomic E-state index is 12.1. The standard InChI is InChI=1S/C18H21NO2/c1-18(2,3)21-17(20)19-13-7-10-16(14-19)12-11-15-8-5-4-6-9-15/h4-6,8-10H,7,13-14H2,1-3H3. The molecular weight excluding hydrogens is 262 g/mol. The van der Waals surface area contributed by atoms with E-state index in [1.165, 1.54) is 0 Å². The molecule has 110 valence electrons. The summed E-state index contributed by atoms with van der Waals surface area (Å²) in [6.45, 7) is 6.84. The highest BCUT2D eigenvalue weighted by molar-refractivity contribution is 5.69. The van der Waals surface area contributed by atoms with E-state index in [4.69, 9.17) is 4.74 Å². The van der Waals surface area contributed by atoms with E-state index in [1.54, 1.807) is 4.90 Å². The van der Waals surface area contributed by atoms with Gasteiger partial charge in [-0.1, -0.05) is 36.1 Å². The van der Waals surface area contributed by atoms with E-state index in [0.29, 0.717) is 13.1 Å². The number of hydrogen-bond donors (Lipinski definition) is 0. The van der Waals surface area contributed by atoms with Gasteiger partial charge in [0.2, 0.25) is 0 Å². The summed E-state index contributed by atoms with van der Waals surface area (Å²) < 4.78 is 5.40. The topological polar surface area (TPSA) is 29.5 Å². The monoisotopic (exact) mass is 283 g/mol. The van der Waals surface area contributed by atoms with Crippen LogP contribution in [0.2, 0.25) is 0 Å². The molecule has 0 saturated heterocycles. The Morgan fingerprint density at radius 1 is 1.19 bits per heavy atom. The summed E-state index contributed by atoms with van der Waals surface area (Å²) in [5.41, 5.74) is 1.48. The second-order valence-electron chi connectivity index (χ2n) is 6.04. The Balaban J connectivity index is 2.00. The summed E-state index contributed by atoms with van der Waals surface area (Å²) in [5.74, 6) is 6.27. The van der Waals surface area contributed by atoms with Crippen LogP contribution in [0.5, 0.6) is 0 Å². The van der Waals surface area contributed by atoms with Gasteiger partial charge in [0.15, 0.2) is 0 Å². The lowest BCUT2D eigenvalue weighted by Gasteiger charge is -2.29. The van der Waals surface area contributed by atoms with Gasteiger partial charge in [0.1, 0.15) is 5.60 Å². The molecule has 1 aliphatic rings. The van der Waals surface area contributed by atoms with E-state index in [0.717, 1.165) is 17.6 Å². The number of nitrogens with zero attached hydrogens (tertiary/aromatic N) is 1. The third kappa shape index (κ3) is 5.00. The van der Waals surface area contributed by atoms with Gasteiger partial charge in [-0.3, -0.25) is 0 Å². The van der Waals surface area contributed by atoms with E-state index in [2.05, 4.69) is 17.9 Å². The molecule has 1 amide bonds. The molecule has 0 fully saturated rings. The molecule has 1 aliphatic heterocycles. The fourth-order valence-electron chi connectivity index (χ4n) is 1.99. The van der Waals surface area contributed by atoms with Crippen LogP contribution in [-0.4, -0.2) is 29.7 Å². The van der Waals surface area contributed by atoms with E-state index < -0.39 is 5.60 Å². The summed E-state index contributed by atoms with van der Waals surface area (Å²) in [6, 6.07) is 9.85. The average molecular weight is 283 g/mol. The molecule has 0 atom stereocenters. The molecule has 0 aromatic heterocycles. The summed E-state index contributed by atoms with van der Waals surface area (Å²) in [5, 5.41) is 0. The number of carbonyl (C=O) groups excluding carboxylic acids is 1. The zero-order valence-electron chi connectivity index (χ0n) is 12.8. The van der Waals surface area contributed by atoms with Crippen molar-refractivity contribution in [1.29, 1.82) is 0 Å². The van der Waals surface area contributed by atoms with Crippen molar-refractivity contribution in [3.05, 3.63) is 47.5 Å². The SMILES string of the molecule is CC(C)(C)OC(=O)N1CCC=C(C#Cc2ccccc2)C1. The molecule has 3 heteroatoms. The first-order chi connectivity index (χ1) is 9.94. The molecule has 21 heavy (non-hydrogen) atoms. The van der Waals surface area contributed by atoms with Crippen molar-refractivity contribution in [2.45, 2.75) is 32.8 Å². The molecule has 0 unspecified atom stereocenters. The third-order valence-electron chi connectivity index (χ3n) is 2.94. The normalized spacial score (nSPS) is 14.8. The largest absolute Gasteiger partial charge is 0.444 e. The van der Waals surface area contributed by atoms with E-state index in [1.807, 2.05) is 51.1 Å². The van der Waals surface area contributed by atoms with Gasteiger partial charge in [-0.2, -0.15) is 0 Å². The zero-order valence-corrected chi connectivity index (χ0v) is 12.8. The zero-order chi connectivity index (χ0) is 15.3. The Labute approximate surface area is 126 Å². The highest BCUT2D eigenvalue weighted by atomic mass is 16.6. The average Bonchev–Trinajstić information content (AvgIpc) is 2.45. The predicted molar refractivity (Wildman–Crippen MR) is 83.8 cm³/mol. The quantitative estimate of drug-likeness (QED) is 0.681. The Morgan fingerprint density at radius 3 is 2.57 bits per heavy atom. The minimum atomic E-state index is -0.464. The van der Waals surface area contributed by atoms with Crippen molar-refractivity contribution in [1.82, 2.24) is 4.90 Å². The lowest BCUT2D eigenvalue weighted by Crippen LogP contribution is -2.39. The lowest BCUT2D eigenvalue weighted by molar-refractivity contribution is 0.0264. The first-order valence-corrected chi connectivity index (χ1v) is 7.18. The van der Waals surface area contributed by atoms with Crippen LogP contribution in [0, 0.1) is 11.8 Å². The predicted octanol–water partition coefficient (Wildman–Crippen LogP) is 3.61. The van der Waals surface area contributed by atoms with Gasteiger partial charge in [0.05, 0.1) is 6.54 Å². The molecular formula is C18H21NO2. The molecule has 0 bridgehead atoms. The van der Waals surface area contributed by atoms with Crippen LogP contribution in [-0.2, 0) is 4.74 Å². The third-order valence-corrected chi connectivity index (χ3v) is 2.94. The maximum atomic E-state index is 12.1. The van der Waals surface area contributed by atoms with Crippen molar-refractivity contribution in [3.8, 4) is 11.8 Å². The maximum Gasteiger partial charge on any atom is 0.410 e. The molecule has 0 N–H and O–H groups in total. The Hall–Kier alpha value is -2.21. The van der Waals surface area contributed by atoms with Gasteiger partial charge in [-0.15, -0.1) is 0 Å². The van der Waals surface area contributed by atoms with Crippen LogP contribution in [0.3, 0.4) is 0 Å². The van der Waals surface area contributed by atoms with Crippen LogP contribution < -0.4 is 0 Å². The van der Waals surface area contributed by atoms with Crippen molar-refractivity contribution < 1.29 is 9.53 Å². The summed E-state index contributed by atoms with van der Waals surface area (Å²) in [6.07, 6.45) is 2.64. The van der Waals surface area contributed by atoms with Crippen LogP contribution in [0.4, 0.5) is 4.79 Å². The number of benzene rings is 1.